The maximum absolute atomic E-state index is 11.9. The summed E-state index contributed by atoms with van der Waals surface area (Å²) in [6.07, 6.45) is 5.68. The summed E-state index contributed by atoms with van der Waals surface area (Å²) in [5.41, 5.74) is 1.48. The summed E-state index contributed by atoms with van der Waals surface area (Å²) in [6.45, 7) is 0. The Morgan fingerprint density at radius 2 is 1.46 bits per heavy atom. The number of allylic oxidation sites excluding steroid dienone is 2. The number of methoxy groups -OCH3 is 2. The Morgan fingerprint density at radius 1 is 0.885 bits per heavy atom. The molecule has 5 heteroatoms. The third-order valence-corrected chi connectivity index (χ3v) is 3.59. The Morgan fingerprint density at radius 3 is 2.00 bits per heavy atom. The number of aromatic hydroxyl groups is 1. The van der Waals surface area contributed by atoms with Crippen LogP contribution in [0, 0.1) is 0 Å². The number of carbonyl (C=O) groups excluding carboxylic acids is 2. The fourth-order valence-corrected chi connectivity index (χ4v) is 2.19. The van der Waals surface area contributed by atoms with Crippen LogP contribution >= 0.6 is 0 Å². The van der Waals surface area contributed by atoms with Crippen molar-refractivity contribution < 1.29 is 24.2 Å². The van der Waals surface area contributed by atoms with E-state index in [1.165, 1.54) is 25.3 Å². The summed E-state index contributed by atoms with van der Waals surface area (Å²) in [5, 5.41) is 9.70. The predicted molar refractivity (Wildman–Crippen MR) is 100 cm³/mol. The number of hydrogen-bond acceptors (Lipinski definition) is 5. The van der Waals surface area contributed by atoms with Gasteiger partial charge in [0.1, 0.15) is 5.75 Å². The van der Waals surface area contributed by atoms with Gasteiger partial charge >= 0.3 is 0 Å². The number of phenols is 1. The van der Waals surface area contributed by atoms with Crippen LogP contribution < -0.4 is 9.47 Å². The zero-order valence-electron chi connectivity index (χ0n) is 14.6. The number of phenolic OH excluding ortho intramolecular Hbond substituents is 1. The fourth-order valence-electron chi connectivity index (χ4n) is 2.19. The van der Waals surface area contributed by atoms with Gasteiger partial charge in [-0.05, 0) is 47.5 Å². The van der Waals surface area contributed by atoms with E-state index in [1.54, 1.807) is 43.5 Å². The lowest BCUT2D eigenvalue weighted by atomic mass is 10.1. The summed E-state index contributed by atoms with van der Waals surface area (Å²) in [7, 11) is 3.04. The normalized spacial score (nSPS) is 11.0. The van der Waals surface area contributed by atoms with E-state index >= 15 is 0 Å². The van der Waals surface area contributed by atoms with Crippen LogP contribution in [-0.4, -0.2) is 30.9 Å². The van der Waals surface area contributed by atoms with E-state index in [0.29, 0.717) is 11.3 Å². The van der Waals surface area contributed by atoms with Gasteiger partial charge in [-0.1, -0.05) is 30.4 Å². The summed E-state index contributed by atoms with van der Waals surface area (Å²) in [4.78, 5) is 23.8. The van der Waals surface area contributed by atoms with Crippen molar-refractivity contribution in [3.8, 4) is 17.2 Å². The van der Waals surface area contributed by atoms with E-state index in [1.807, 2.05) is 12.1 Å². The number of benzene rings is 2. The molecule has 0 unspecified atom stereocenters. The van der Waals surface area contributed by atoms with Gasteiger partial charge in [0.15, 0.2) is 23.1 Å². The molecule has 0 heterocycles. The van der Waals surface area contributed by atoms with E-state index in [4.69, 9.17) is 9.47 Å². The van der Waals surface area contributed by atoms with Crippen LogP contribution in [0.15, 0.2) is 54.6 Å². The zero-order valence-corrected chi connectivity index (χ0v) is 14.6. The SMILES string of the molecule is COc1ccc(/C=C/C(=O)CC(=O)/C=C/c2ccc(OC)c(O)c2)cc1. The molecular formula is C21H20O5. The topological polar surface area (TPSA) is 72.8 Å². The van der Waals surface area contributed by atoms with Gasteiger partial charge < -0.3 is 14.6 Å². The molecule has 0 radical (unpaired) electrons. The van der Waals surface area contributed by atoms with Crippen LogP contribution in [0.5, 0.6) is 17.2 Å². The van der Waals surface area contributed by atoms with E-state index in [-0.39, 0.29) is 23.7 Å². The van der Waals surface area contributed by atoms with Gasteiger partial charge in [-0.15, -0.1) is 0 Å². The lowest BCUT2D eigenvalue weighted by molar-refractivity contribution is -0.121. The van der Waals surface area contributed by atoms with E-state index in [0.717, 1.165) is 11.3 Å². The molecule has 0 saturated heterocycles. The van der Waals surface area contributed by atoms with Crippen LogP contribution in [0.4, 0.5) is 0 Å². The molecule has 0 aromatic heterocycles. The summed E-state index contributed by atoms with van der Waals surface area (Å²) < 4.78 is 10.0. The zero-order chi connectivity index (χ0) is 18.9. The van der Waals surface area contributed by atoms with Gasteiger partial charge in [-0.3, -0.25) is 9.59 Å². The first-order chi connectivity index (χ1) is 12.5. The molecule has 2 aromatic carbocycles. The van der Waals surface area contributed by atoms with E-state index in [2.05, 4.69) is 0 Å². The maximum Gasteiger partial charge on any atom is 0.163 e. The number of hydrogen-bond donors (Lipinski definition) is 1. The summed E-state index contributed by atoms with van der Waals surface area (Å²) in [5.74, 6) is 0.476. The first-order valence-electron chi connectivity index (χ1n) is 7.94. The van der Waals surface area contributed by atoms with Crippen LogP contribution in [0.2, 0.25) is 0 Å². The van der Waals surface area contributed by atoms with E-state index < -0.39 is 0 Å². The number of ether oxygens (including phenoxy) is 2. The van der Waals surface area contributed by atoms with Crippen LogP contribution in [-0.2, 0) is 9.59 Å². The Balaban J connectivity index is 1.90. The average Bonchev–Trinajstić information content (AvgIpc) is 2.65. The fraction of sp³-hybridized carbons (Fsp3) is 0.143. The van der Waals surface area contributed by atoms with Crippen molar-refractivity contribution in [2.45, 2.75) is 6.42 Å². The lowest BCUT2D eigenvalue weighted by Gasteiger charge is -2.03. The molecule has 0 fully saturated rings. The Hall–Kier alpha value is -3.34. The molecule has 5 nitrogen and oxygen atoms in total. The minimum Gasteiger partial charge on any atom is -0.504 e. The lowest BCUT2D eigenvalue weighted by Crippen LogP contribution is -2.01. The smallest absolute Gasteiger partial charge is 0.163 e. The number of ketones is 2. The van der Waals surface area contributed by atoms with Crippen molar-refractivity contribution in [1.29, 1.82) is 0 Å². The second-order valence-electron chi connectivity index (χ2n) is 5.48. The number of rotatable bonds is 8. The molecule has 26 heavy (non-hydrogen) atoms. The Kier molecular flexibility index (Phi) is 6.74. The van der Waals surface area contributed by atoms with Crippen LogP contribution in [0.25, 0.3) is 12.2 Å². The molecule has 0 aliphatic carbocycles. The first-order valence-corrected chi connectivity index (χ1v) is 7.94. The van der Waals surface area contributed by atoms with E-state index in [9.17, 15) is 14.7 Å². The van der Waals surface area contributed by atoms with Gasteiger partial charge in [0.2, 0.25) is 0 Å². The largest absolute Gasteiger partial charge is 0.504 e. The second kappa shape index (κ2) is 9.22. The molecule has 0 spiro atoms. The van der Waals surface area contributed by atoms with Crippen molar-refractivity contribution in [3.05, 3.63) is 65.7 Å². The Bertz CT molecular complexity index is 832. The standard InChI is InChI=1S/C21H20O5/c1-25-19-10-5-15(6-11-19)3-8-17(22)14-18(23)9-4-16-7-12-21(26-2)20(24)13-16/h3-13,24H,14H2,1-2H3/b8-3+,9-4+. The van der Waals surface area contributed by atoms with Crippen molar-refractivity contribution in [2.75, 3.05) is 14.2 Å². The van der Waals surface area contributed by atoms with Crippen LogP contribution in [0.1, 0.15) is 17.5 Å². The highest BCUT2D eigenvalue weighted by Gasteiger charge is 2.05. The third kappa shape index (κ3) is 5.63. The third-order valence-electron chi connectivity index (χ3n) is 3.59. The maximum atomic E-state index is 11.9. The molecule has 2 rings (SSSR count). The molecule has 1 N–H and O–H groups in total. The summed E-state index contributed by atoms with van der Waals surface area (Å²) in [6, 6.07) is 12.0. The predicted octanol–water partition coefficient (Wildman–Crippen LogP) is 3.66. The van der Waals surface area contributed by atoms with Gasteiger partial charge in [-0.25, -0.2) is 0 Å². The highest BCUT2D eigenvalue weighted by atomic mass is 16.5. The first kappa shape index (κ1) is 19.0. The van der Waals surface area contributed by atoms with Gasteiger partial charge in [-0.2, -0.15) is 0 Å². The monoisotopic (exact) mass is 352 g/mol. The van der Waals surface area contributed by atoms with Crippen molar-refractivity contribution >= 4 is 23.7 Å². The second-order valence-corrected chi connectivity index (χ2v) is 5.48. The molecule has 2 aromatic rings. The van der Waals surface area contributed by atoms with Gasteiger partial charge in [0.25, 0.3) is 0 Å². The van der Waals surface area contributed by atoms with Crippen LogP contribution in [0.3, 0.4) is 0 Å². The van der Waals surface area contributed by atoms with Gasteiger partial charge in [0.05, 0.1) is 20.6 Å². The van der Waals surface area contributed by atoms with Crippen molar-refractivity contribution in [1.82, 2.24) is 0 Å². The Labute approximate surface area is 152 Å². The molecular weight excluding hydrogens is 332 g/mol. The molecule has 0 saturated carbocycles. The van der Waals surface area contributed by atoms with Crippen molar-refractivity contribution in [2.24, 2.45) is 0 Å². The average molecular weight is 352 g/mol. The van der Waals surface area contributed by atoms with Gasteiger partial charge in [0, 0.05) is 0 Å². The molecule has 0 amide bonds. The quantitative estimate of drug-likeness (QED) is 0.580. The minimum atomic E-state index is -0.315. The molecule has 0 aliphatic rings. The van der Waals surface area contributed by atoms with Crippen molar-refractivity contribution in [3.63, 3.8) is 0 Å². The summed E-state index contributed by atoms with van der Waals surface area (Å²) >= 11 is 0. The highest BCUT2D eigenvalue weighted by Crippen LogP contribution is 2.26. The molecule has 0 bridgehead atoms. The minimum absolute atomic E-state index is 0.0133. The number of carbonyl (C=O) groups is 2. The molecule has 134 valence electrons. The molecule has 0 aliphatic heterocycles. The molecule has 0 atom stereocenters. The highest BCUT2D eigenvalue weighted by molar-refractivity contribution is 6.10.